The van der Waals surface area contributed by atoms with Crippen molar-refractivity contribution in [3.05, 3.63) is 94.1 Å². The quantitative estimate of drug-likeness (QED) is 0.152. The molecule has 0 aliphatic carbocycles. The molecule has 17 heteroatoms. The zero-order chi connectivity index (χ0) is 35.9. The molecule has 1 aromatic carbocycles. The third kappa shape index (κ3) is 7.35. The SMILES string of the molecule is C[C@@H]1CC(F)(F)C[N+]1(C(=O)NCc1cc(-c2ccc(C(F)(F)F)cc2)nc(N2CCN(Cc3ccncc3)CC2)c1)S(=O)(=O)c1ccc(Cl)s1. The lowest BCUT2D eigenvalue weighted by Crippen LogP contribution is -2.62. The summed E-state index contributed by atoms with van der Waals surface area (Å²) in [6.07, 6.45) is -1.88. The first-order valence-corrected chi connectivity index (χ1v) is 18.3. The Morgan fingerprint density at radius 2 is 1.70 bits per heavy atom. The molecule has 1 N–H and O–H groups in total. The standard InChI is InChI=1S/C33H32ClF5N6O3S2/c1-22-18-32(35,36)21-45(22,50(47,48)30-7-6-28(34)49-30)31(46)41-19-24-16-27(25-2-4-26(5-3-25)33(37,38)39)42-29(17-24)44-14-12-43(13-15-44)20-23-8-10-40-11-9-23/h2-11,16-17,22H,12-15,18-21H2,1H3/p+1/t22-,45?/m1/s1. The zero-order valence-electron chi connectivity index (χ0n) is 26.7. The van der Waals surface area contributed by atoms with Crippen molar-refractivity contribution in [1.82, 2.24) is 20.2 Å². The maximum atomic E-state index is 14.8. The fourth-order valence-corrected chi connectivity index (χ4v) is 10.2. The van der Waals surface area contributed by atoms with Crippen LogP contribution in [0.5, 0.6) is 0 Å². The summed E-state index contributed by atoms with van der Waals surface area (Å²) in [4.78, 5) is 27.0. The molecule has 9 nitrogen and oxygen atoms in total. The van der Waals surface area contributed by atoms with Crippen LogP contribution in [0.3, 0.4) is 0 Å². The van der Waals surface area contributed by atoms with Gasteiger partial charge in [0.25, 0.3) is 0 Å². The molecular weight excluding hydrogens is 723 g/mol. The number of likely N-dealkylation sites (tertiary alicyclic amines) is 1. The number of rotatable bonds is 8. The Labute approximate surface area is 295 Å². The average molecular weight is 756 g/mol. The maximum Gasteiger partial charge on any atom is 0.432 e. The molecule has 1 unspecified atom stereocenters. The molecule has 2 fully saturated rings. The number of carbonyl (C=O) groups is 1. The maximum absolute atomic E-state index is 14.8. The molecular formula is C33H33ClF5N6O3S2+. The van der Waals surface area contributed by atoms with Gasteiger partial charge in [0, 0.05) is 57.2 Å². The van der Waals surface area contributed by atoms with Crippen LogP contribution in [-0.2, 0) is 29.3 Å². The number of pyridine rings is 2. The van der Waals surface area contributed by atoms with E-state index in [1.54, 1.807) is 24.5 Å². The van der Waals surface area contributed by atoms with Crippen LogP contribution in [-0.4, -0.2) is 77.9 Å². The lowest BCUT2D eigenvalue weighted by Gasteiger charge is -2.36. The number of amides is 2. The third-order valence-corrected chi connectivity index (χ3v) is 13.1. The van der Waals surface area contributed by atoms with Crippen molar-refractivity contribution in [2.75, 3.05) is 37.6 Å². The molecule has 6 rings (SSSR count). The molecule has 4 aromatic rings. The number of carbonyl (C=O) groups excluding carboxylic acids is 1. The number of thiophene rings is 1. The number of quaternary nitrogens is 1. The second kappa shape index (κ2) is 13.8. The van der Waals surface area contributed by atoms with Gasteiger partial charge in [0.1, 0.15) is 11.9 Å². The molecule has 0 spiro atoms. The number of hydrogen-bond donors (Lipinski definition) is 1. The number of anilines is 1. The van der Waals surface area contributed by atoms with Crippen LogP contribution in [0.1, 0.15) is 30.0 Å². The first kappa shape index (κ1) is 36.1. The molecule has 0 bridgehead atoms. The van der Waals surface area contributed by atoms with Crippen LogP contribution in [0.4, 0.5) is 32.6 Å². The predicted octanol–water partition coefficient (Wildman–Crippen LogP) is 7.04. The van der Waals surface area contributed by atoms with Gasteiger partial charge in [-0.15, -0.1) is 15.2 Å². The highest BCUT2D eigenvalue weighted by atomic mass is 35.5. The number of sulfonamides is 1. The average Bonchev–Trinajstić information content (AvgIpc) is 3.64. The van der Waals surface area contributed by atoms with Crippen molar-refractivity contribution in [3.8, 4) is 11.3 Å². The molecule has 2 aliphatic heterocycles. The Morgan fingerprint density at radius 1 is 1.02 bits per heavy atom. The number of aromatic nitrogens is 2. The molecule has 2 amide bonds. The second-order valence-corrected chi connectivity index (χ2v) is 16.5. The number of nitrogens with one attached hydrogen (secondary N) is 1. The van der Waals surface area contributed by atoms with Crippen molar-refractivity contribution < 1.29 is 39.1 Å². The fourth-order valence-electron chi connectivity index (χ4n) is 6.45. The first-order chi connectivity index (χ1) is 23.6. The number of hydrogen-bond acceptors (Lipinski definition) is 8. The normalized spacial score (nSPS) is 21.3. The topological polar surface area (TPSA) is 95.5 Å². The predicted molar refractivity (Wildman–Crippen MR) is 179 cm³/mol. The summed E-state index contributed by atoms with van der Waals surface area (Å²) in [6, 6.07) is 11.8. The van der Waals surface area contributed by atoms with E-state index in [1.807, 2.05) is 17.0 Å². The van der Waals surface area contributed by atoms with E-state index in [2.05, 4.69) is 15.2 Å². The molecule has 5 heterocycles. The molecule has 2 atom stereocenters. The van der Waals surface area contributed by atoms with Crippen LogP contribution >= 0.6 is 22.9 Å². The van der Waals surface area contributed by atoms with E-state index in [0.29, 0.717) is 60.2 Å². The molecule has 50 heavy (non-hydrogen) atoms. The van der Waals surface area contributed by atoms with Gasteiger partial charge in [0.15, 0.2) is 10.8 Å². The molecule has 3 aromatic heterocycles. The highest BCUT2D eigenvalue weighted by Crippen LogP contribution is 2.45. The largest absolute Gasteiger partial charge is 0.432 e. The van der Waals surface area contributed by atoms with E-state index in [1.165, 1.54) is 31.2 Å². The van der Waals surface area contributed by atoms with Crippen molar-refractivity contribution in [1.29, 1.82) is 0 Å². The molecule has 0 saturated carbocycles. The Balaban J connectivity index is 1.29. The minimum atomic E-state index is -4.66. The first-order valence-electron chi connectivity index (χ1n) is 15.7. The van der Waals surface area contributed by atoms with E-state index in [9.17, 15) is 35.2 Å². The Morgan fingerprint density at radius 3 is 2.28 bits per heavy atom. The van der Waals surface area contributed by atoms with Crippen molar-refractivity contribution in [2.45, 2.75) is 48.8 Å². The summed E-state index contributed by atoms with van der Waals surface area (Å²) >= 11 is 6.66. The van der Waals surface area contributed by atoms with Gasteiger partial charge < -0.3 is 10.2 Å². The smallest absolute Gasteiger partial charge is 0.354 e. The van der Waals surface area contributed by atoms with Gasteiger partial charge in [0.05, 0.1) is 22.0 Å². The summed E-state index contributed by atoms with van der Waals surface area (Å²) in [5, 5.41) is 2.59. The minimum Gasteiger partial charge on any atom is -0.354 e. The van der Waals surface area contributed by atoms with Crippen molar-refractivity contribution in [3.63, 3.8) is 0 Å². The van der Waals surface area contributed by atoms with Gasteiger partial charge in [-0.3, -0.25) is 9.88 Å². The van der Waals surface area contributed by atoms with Gasteiger partial charge in [-0.2, -0.15) is 21.6 Å². The number of urea groups is 1. The van der Waals surface area contributed by atoms with E-state index in [-0.39, 0.29) is 15.1 Å². The van der Waals surface area contributed by atoms with Crippen LogP contribution < -0.4 is 10.2 Å². The number of nitrogens with zero attached hydrogens (tertiary/aromatic N) is 5. The van der Waals surface area contributed by atoms with E-state index in [4.69, 9.17) is 16.6 Å². The summed E-state index contributed by atoms with van der Waals surface area (Å²) in [7, 11) is -4.66. The Kier molecular flexibility index (Phi) is 9.96. The van der Waals surface area contributed by atoms with Crippen LogP contribution in [0, 0.1) is 0 Å². The summed E-state index contributed by atoms with van der Waals surface area (Å²) in [5.74, 6) is -2.93. The summed E-state index contributed by atoms with van der Waals surface area (Å²) in [5.41, 5.74) is 1.45. The minimum absolute atomic E-state index is 0.124. The number of halogens is 6. The number of alkyl halides is 5. The third-order valence-electron chi connectivity index (χ3n) is 9.02. The molecule has 2 saturated heterocycles. The molecule has 0 radical (unpaired) electrons. The van der Waals surface area contributed by atoms with Crippen LogP contribution in [0.15, 0.2) is 77.3 Å². The van der Waals surface area contributed by atoms with Crippen LogP contribution in [0.25, 0.3) is 11.3 Å². The van der Waals surface area contributed by atoms with Gasteiger partial charge in [0.2, 0.25) is 0 Å². The van der Waals surface area contributed by atoms with Crippen molar-refractivity contribution in [2.24, 2.45) is 0 Å². The Bertz CT molecular complexity index is 1960. The lowest BCUT2D eigenvalue weighted by molar-refractivity contribution is -0.738. The number of benzene rings is 1. The van der Waals surface area contributed by atoms with Gasteiger partial charge in [-0.25, -0.2) is 18.6 Å². The van der Waals surface area contributed by atoms with Crippen LogP contribution in [0.2, 0.25) is 4.34 Å². The summed E-state index contributed by atoms with van der Waals surface area (Å²) in [6.45, 7) is 3.06. The van der Waals surface area contributed by atoms with E-state index in [0.717, 1.165) is 24.2 Å². The van der Waals surface area contributed by atoms with Crippen molar-refractivity contribution >= 4 is 44.8 Å². The zero-order valence-corrected chi connectivity index (χ0v) is 29.1. The van der Waals surface area contributed by atoms with E-state index >= 15 is 0 Å². The van der Waals surface area contributed by atoms with Gasteiger partial charge in [-0.1, -0.05) is 23.7 Å². The summed E-state index contributed by atoms with van der Waals surface area (Å²) < 4.78 is 95.6. The lowest BCUT2D eigenvalue weighted by atomic mass is 10.1. The van der Waals surface area contributed by atoms with Gasteiger partial charge in [-0.05, 0) is 66.6 Å². The fraction of sp³-hybridized carbons (Fsp3) is 0.364. The van der Waals surface area contributed by atoms with Gasteiger partial charge >= 0.3 is 28.2 Å². The highest BCUT2D eigenvalue weighted by Gasteiger charge is 2.66. The number of piperazine rings is 1. The Hall–Kier alpha value is -3.70. The monoisotopic (exact) mass is 755 g/mol. The molecule has 266 valence electrons. The highest BCUT2D eigenvalue weighted by molar-refractivity contribution is 7.88. The molecule has 2 aliphatic rings. The second-order valence-electron chi connectivity index (χ2n) is 12.5. The van der Waals surface area contributed by atoms with E-state index < -0.39 is 56.6 Å².